The van der Waals surface area contributed by atoms with Crippen molar-refractivity contribution < 1.29 is 14.6 Å². The fraction of sp³-hybridized carbons (Fsp3) is 0.375. The van der Waals surface area contributed by atoms with E-state index in [0.717, 1.165) is 0 Å². The highest BCUT2D eigenvalue weighted by Crippen LogP contribution is 2.16. The molecular weight excluding hydrogens is 268 g/mol. The highest BCUT2D eigenvalue weighted by Gasteiger charge is 2.15. The van der Waals surface area contributed by atoms with E-state index in [2.05, 4.69) is 17.2 Å². The first kappa shape index (κ1) is 16.4. The molecule has 0 saturated carbocycles. The predicted molar refractivity (Wildman–Crippen MR) is 78.6 cm³/mol. The molecule has 0 heterocycles. The summed E-state index contributed by atoms with van der Waals surface area (Å²) in [5, 5.41) is 21.0. The Bertz CT molecular complexity index is 613. The van der Waals surface area contributed by atoms with Crippen LogP contribution in [-0.2, 0) is 4.74 Å². The largest absolute Gasteiger partial charge is 0.507 e. The molecule has 0 radical (unpaired) electrons. The summed E-state index contributed by atoms with van der Waals surface area (Å²) in [6.07, 6.45) is -0.0752. The fourth-order valence-corrected chi connectivity index (χ4v) is 1.40. The summed E-state index contributed by atoms with van der Waals surface area (Å²) in [5.74, 6) is 5.62. The van der Waals surface area contributed by atoms with Crippen LogP contribution in [-0.4, -0.2) is 23.3 Å². The molecule has 1 aromatic rings. The maximum Gasteiger partial charge on any atom is 0.407 e. The quantitative estimate of drug-likeness (QED) is 0.646. The molecule has 0 saturated heterocycles. The van der Waals surface area contributed by atoms with E-state index in [9.17, 15) is 9.90 Å². The number of phenolic OH excluding ortho intramolecular Hbond substituents is 1. The van der Waals surface area contributed by atoms with Crippen molar-refractivity contribution >= 4 is 6.09 Å². The van der Waals surface area contributed by atoms with Gasteiger partial charge in [-0.05, 0) is 39.0 Å². The van der Waals surface area contributed by atoms with E-state index in [0.29, 0.717) is 24.1 Å². The molecule has 1 amide bonds. The van der Waals surface area contributed by atoms with Crippen molar-refractivity contribution in [1.29, 1.82) is 5.26 Å². The number of aromatic hydroxyl groups is 1. The van der Waals surface area contributed by atoms with Gasteiger partial charge in [-0.2, -0.15) is 5.26 Å². The van der Waals surface area contributed by atoms with E-state index in [4.69, 9.17) is 10.00 Å². The summed E-state index contributed by atoms with van der Waals surface area (Å²) in [5.41, 5.74) is 0.300. The highest BCUT2D eigenvalue weighted by atomic mass is 16.6. The van der Waals surface area contributed by atoms with Gasteiger partial charge in [0.1, 0.15) is 11.4 Å². The van der Waals surface area contributed by atoms with Crippen LogP contribution in [0.2, 0.25) is 0 Å². The van der Waals surface area contributed by atoms with Crippen LogP contribution in [0.3, 0.4) is 0 Å². The number of amides is 1. The lowest BCUT2D eigenvalue weighted by Gasteiger charge is -2.19. The highest BCUT2D eigenvalue weighted by molar-refractivity contribution is 5.67. The van der Waals surface area contributed by atoms with Crippen LogP contribution in [0.5, 0.6) is 5.75 Å². The number of rotatable bonds is 2. The zero-order valence-electron chi connectivity index (χ0n) is 12.4. The lowest BCUT2D eigenvalue weighted by Crippen LogP contribution is -2.32. The van der Waals surface area contributed by atoms with E-state index in [1.807, 2.05) is 6.07 Å². The number of hydrogen-bond donors (Lipinski definition) is 2. The Morgan fingerprint density at radius 1 is 1.43 bits per heavy atom. The molecule has 110 valence electrons. The van der Waals surface area contributed by atoms with Crippen LogP contribution in [0.4, 0.5) is 4.79 Å². The zero-order chi connectivity index (χ0) is 15.9. The third-order valence-electron chi connectivity index (χ3n) is 2.27. The average Bonchev–Trinajstić information content (AvgIpc) is 2.38. The first-order chi connectivity index (χ1) is 9.81. The van der Waals surface area contributed by atoms with Crippen LogP contribution >= 0.6 is 0 Å². The fourth-order valence-electron chi connectivity index (χ4n) is 1.40. The number of phenols is 1. The Hall–Kier alpha value is -2.66. The molecule has 21 heavy (non-hydrogen) atoms. The Morgan fingerprint density at radius 2 is 2.14 bits per heavy atom. The number of alkyl carbamates (subject to hydrolysis) is 1. The first-order valence-electron chi connectivity index (χ1n) is 6.50. The van der Waals surface area contributed by atoms with Gasteiger partial charge in [0.2, 0.25) is 0 Å². The summed E-state index contributed by atoms with van der Waals surface area (Å²) in [7, 11) is 0. The van der Waals surface area contributed by atoms with Crippen molar-refractivity contribution in [2.75, 3.05) is 6.54 Å². The van der Waals surface area contributed by atoms with Gasteiger partial charge in [-0.25, -0.2) is 4.79 Å². The van der Waals surface area contributed by atoms with Gasteiger partial charge in [0.05, 0.1) is 17.2 Å². The minimum Gasteiger partial charge on any atom is -0.507 e. The summed E-state index contributed by atoms with van der Waals surface area (Å²) < 4.78 is 5.08. The molecule has 1 rings (SSSR count). The van der Waals surface area contributed by atoms with Gasteiger partial charge in [0.15, 0.2) is 0 Å². The number of benzene rings is 1. The van der Waals surface area contributed by atoms with Crippen LogP contribution in [0.1, 0.15) is 38.3 Å². The summed E-state index contributed by atoms with van der Waals surface area (Å²) in [4.78, 5) is 11.4. The number of ether oxygens (including phenoxy) is 1. The average molecular weight is 286 g/mol. The predicted octanol–water partition coefficient (Wildman–Crippen LogP) is 2.53. The summed E-state index contributed by atoms with van der Waals surface area (Å²) >= 11 is 0. The van der Waals surface area contributed by atoms with Crippen molar-refractivity contribution in [3.63, 3.8) is 0 Å². The Labute approximate surface area is 124 Å². The maximum atomic E-state index is 11.4. The molecular formula is C16H18N2O3. The molecule has 0 atom stereocenters. The molecule has 5 nitrogen and oxygen atoms in total. The normalized spacial score (nSPS) is 10.0. The molecule has 5 heteroatoms. The van der Waals surface area contributed by atoms with Crippen LogP contribution in [0.15, 0.2) is 18.2 Å². The molecule has 0 bridgehead atoms. The van der Waals surface area contributed by atoms with Gasteiger partial charge in [-0.1, -0.05) is 11.8 Å². The lowest BCUT2D eigenvalue weighted by atomic mass is 10.1. The van der Waals surface area contributed by atoms with E-state index < -0.39 is 11.7 Å². The second kappa shape index (κ2) is 7.21. The minimum absolute atomic E-state index is 0.0293. The maximum absolute atomic E-state index is 11.4. The minimum atomic E-state index is -0.528. The van der Waals surface area contributed by atoms with E-state index in [1.165, 1.54) is 18.2 Å². The molecule has 0 unspecified atom stereocenters. The number of nitriles is 1. The van der Waals surface area contributed by atoms with Gasteiger partial charge in [0, 0.05) is 13.0 Å². The molecule has 0 aromatic heterocycles. The number of nitrogens with one attached hydrogen (secondary N) is 1. The second-order valence-corrected chi connectivity index (χ2v) is 5.32. The first-order valence-corrected chi connectivity index (χ1v) is 6.50. The smallest absolute Gasteiger partial charge is 0.407 e. The topological polar surface area (TPSA) is 82.3 Å². The van der Waals surface area contributed by atoms with Crippen LogP contribution in [0.25, 0.3) is 0 Å². The van der Waals surface area contributed by atoms with E-state index >= 15 is 0 Å². The number of nitrogens with zero attached hydrogens (tertiary/aromatic N) is 1. The molecule has 0 spiro atoms. The number of hydrogen-bond acceptors (Lipinski definition) is 4. The molecule has 1 aromatic carbocycles. The standard InChI is InChI=1S/C16H18N2O3/c1-16(2,3)21-15(20)18-9-5-4-6-13-10-12(11-17)7-8-14(13)19/h7-8,10,19H,5,9H2,1-3H3,(H,18,20). The van der Waals surface area contributed by atoms with Gasteiger partial charge in [0.25, 0.3) is 0 Å². The molecule has 0 aliphatic carbocycles. The summed E-state index contributed by atoms with van der Waals surface area (Å²) in [6, 6.07) is 6.45. The Kier molecular flexibility index (Phi) is 5.63. The van der Waals surface area contributed by atoms with E-state index in [1.54, 1.807) is 20.8 Å². The van der Waals surface area contributed by atoms with E-state index in [-0.39, 0.29) is 5.75 Å². The third kappa shape index (κ3) is 6.35. The molecule has 0 fully saturated rings. The monoisotopic (exact) mass is 286 g/mol. The third-order valence-corrected chi connectivity index (χ3v) is 2.27. The van der Waals surface area contributed by atoms with Gasteiger partial charge in [-0.15, -0.1) is 0 Å². The zero-order valence-corrected chi connectivity index (χ0v) is 12.4. The SMILES string of the molecule is CC(C)(C)OC(=O)NCCC#Cc1cc(C#N)ccc1O. The van der Waals surface area contributed by atoms with Gasteiger partial charge in [-0.3, -0.25) is 0 Å². The molecule has 0 aliphatic rings. The van der Waals surface area contributed by atoms with Crippen molar-refractivity contribution in [1.82, 2.24) is 5.32 Å². The van der Waals surface area contributed by atoms with Crippen molar-refractivity contribution in [3.05, 3.63) is 29.3 Å². The Balaban J connectivity index is 2.48. The van der Waals surface area contributed by atoms with Crippen molar-refractivity contribution in [2.24, 2.45) is 0 Å². The van der Waals surface area contributed by atoms with Crippen LogP contribution in [0, 0.1) is 23.2 Å². The van der Waals surface area contributed by atoms with Gasteiger partial charge < -0.3 is 15.2 Å². The Morgan fingerprint density at radius 3 is 2.76 bits per heavy atom. The summed E-state index contributed by atoms with van der Waals surface area (Å²) in [6.45, 7) is 5.71. The number of carbonyl (C=O) groups is 1. The second-order valence-electron chi connectivity index (χ2n) is 5.32. The number of carbonyl (C=O) groups excluding carboxylic acids is 1. The molecule has 2 N–H and O–H groups in total. The lowest BCUT2D eigenvalue weighted by molar-refractivity contribution is 0.0529. The van der Waals surface area contributed by atoms with Gasteiger partial charge >= 0.3 is 6.09 Å². The van der Waals surface area contributed by atoms with Crippen molar-refractivity contribution in [3.8, 4) is 23.7 Å². The van der Waals surface area contributed by atoms with Crippen molar-refractivity contribution in [2.45, 2.75) is 32.8 Å². The molecule has 0 aliphatic heterocycles. The van der Waals surface area contributed by atoms with Crippen LogP contribution < -0.4 is 5.32 Å².